The van der Waals surface area contributed by atoms with Crippen molar-refractivity contribution in [1.29, 1.82) is 5.26 Å². The number of hydrogen-bond acceptors (Lipinski definition) is 3. The second-order valence-corrected chi connectivity index (χ2v) is 5.74. The fraction of sp³-hybridized carbons (Fsp3) is 0.533. The molecular weight excluding hydrogens is 258 g/mol. The number of halogens is 1. The van der Waals surface area contributed by atoms with Gasteiger partial charge in [0.15, 0.2) is 0 Å². The summed E-state index contributed by atoms with van der Waals surface area (Å²) in [4.78, 5) is 2.27. The molecule has 1 aromatic carbocycles. The van der Waals surface area contributed by atoms with E-state index in [0.29, 0.717) is 0 Å². The van der Waals surface area contributed by atoms with Gasteiger partial charge in [0.25, 0.3) is 0 Å². The van der Waals surface area contributed by atoms with Gasteiger partial charge in [-0.3, -0.25) is 5.32 Å². The van der Waals surface area contributed by atoms with Crippen LogP contribution in [0, 0.1) is 11.3 Å². The van der Waals surface area contributed by atoms with E-state index in [1.54, 1.807) is 0 Å². The van der Waals surface area contributed by atoms with Crippen LogP contribution in [0.1, 0.15) is 18.4 Å². The molecule has 0 spiro atoms. The second kappa shape index (κ2) is 6.38. The zero-order valence-electron chi connectivity index (χ0n) is 11.3. The first-order valence-corrected chi connectivity index (χ1v) is 7.11. The largest absolute Gasteiger partial charge is 0.306 e. The average Bonchev–Trinajstić information content (AvgIpc) is 2.44. The molecule has 19 heavy (non-hydrogen) atoms. The van der Waals surface area contributed by atoms with E-state index in [4.69, 9.17) is 11.6 Å². The number of rotatable bonds is 4. The van der Waals surface area contributed by atoms with E-state index >= 15 is 0 Å². The highest BCUT2D eigenvalue weighted by Crippen LogP contribution is 2.20. The molecule has 3 nitrogen and oxygen atoms in total. The van der Waals surface area contributed by atoms with E-state index in [1.165, 1.54) is 5.56 Å². The lowest BCUT2D eigenvalue weighted by atomic mass is 9.89. The van der Waals surface area contributed by atoms with E-state index in [9.17, 15) is 5.26 Å². The van der Waals surface area contributed by atoms with Gasteiger partial charge in [-0.2, -0.15) is 5.26 Å². The van der Waals surface area contributed by atoms with Crippen LogP contribution >= 0.6 is 11.6 Å². The predicted octanol–water partition coefficient (Wildman–Crippen LogP) is 2.46. The normalized spacial score (nSPS) is 19.0. The number of likely N-dealkylation sites (tertiary alicyclic amines) is 1. The van der Waals surface area contributed by atoms with E-state index in [1.807, 2.05) is 24.3 Å². The fourth-order valence-corrected chi connectivity index (χ4v) is 2.55. The van der Waals surface area contributed by atoms with Crippen LogP contribution in [0.2, 0.25) is 5.02 Å². The number of piperidine rings is 1. The Morgan fingerprint density at radius 2 is 1.95 bits per heavy atom. The van der Waals surface area contributed by atoms with Crippen LogP contribution in [0.15, 0.2) is 24.3 Å². The Balaban J connectivity index is 1.84. The Bertz CT molecular complexity index is 441. The first-order valence-electron chi connectivity index (χ1n) is 6.73. The number of nitrogens with one attached hydrogen (secondary N) is 1. The predicted molar refractivity (Wildman–Crippen MR) is 78.2 cm³/mol. The topological polar surface area (TPSA) is 39.1 Å². The lowest BCUT2D eigenvalue weighted by Crippen LogP contribution is -2.52. The van der Waals surface area contributed by atoms with Gasteiger partial charge in [-0.25, -0.2) is 0 Å². The maximum atomic E-state index is 9.41. The highest BCUT2D eigenvalue weighted by molar-refractivity contribution is 6.30. The van der Waals surface area contributed by atoms with Crippen molar-refractivity contribution in [3.8, 4) is 6.07 Å². The number of nitrogens with zero attached hydrogens (tertiary/aromatic N) is 2. The van der Waals surface area contributed by atoms with Crippen molar-refractivity contribution in [3.63, 3.8) is 0 Å². The summed E-state index contributed by atoms with van der Waals surface area (Å²) in [5.74, 6) is 0. The van der Waals surface area contributed by atoms with Crippen molar-refractivity contribution in [2.75, 3.05) is 26.7 Å². The number of nitriles is 1. The van der Waals surface area contributed by atoms with Gasteiger partial charge < -0.3 is 4.90 Å². The van der Waals surface area contributed by atoms with Gasteiger partial charge in [0.05, 0.1) is 6.07 Å². The van der Waals surface area contributed by atoms with E-state index in [0.717, 1.165) is 43.9 Å². The van der Waals surface area contributed by atoms with E-state index in [-0.39, 0.29) is 5.54 Å². The minimum absolute atomic E-state index is 0.334. The second-order valence-electron chi connectivity index (χ2n) is 5.30. The molecule has 1 saturated heterocycles. The minimum atomic E-state index is -0.334. The highest BCUT2D eigenvalue weighted by Gasteiger charge is 2.32. The van der Waals surface area contributed by atoms with Crippen molar-refractivity contribution in [3.05, 3.63) is 34.9 Å². The third kappa shape index (κ3) is 3.94. The summed E-state index contributed by atoms with van der Waals surface area (Å²) < 4.78 is 0. The summed E-state index contributed by atoms with van der Waals surface area (Å²) in [5, 5.41) is 13.6. The van der Waals surface area contributed by atoms with Gasteiger partial charge in [-0.15, -0.1) is 0 Å². The van der Waals surface area contributed by atoms with Crippen molar-refractivity contribution in [2.45, 2.75) is 24.8 Å². The minimum Gasteiger partial charge on any atom is -0.306 e. The van der Waals surface area contributed by atoms with Crippen LogP contribution in [0.5, 0.6) is 0 Å². The molecule has 1 fully saturated rings. The van der Waals surface area contributed by atoms with Crippen LogP contribution in [0.3, 0.4) is 0 Å². The van der Waals surface area contributed by atoms with Crippen molar-refractivity contribution in [2.24, 2.45) is 0 Å². The molecule has 102 valence electrons. The molecule has 1 aromatic rings. The Labute approximate surface area is 120 Å². The smallest absolute Gasteiger partial charge is 0.109 e. The molecule has 0 radical (unpaired) electrons. The quantitative estimate of drug-likeness (QED) is 0.919. The lowest BCUT2D eigenvalue weighted by molar-refractivity contribution is 0.196. The van der Waals surface area contributed by atoms with Gasteiger partial charge in [0, 0.05) is 24.7 Å². The molecule has 0 aromatic heterocycles. The van der Waals surface area contributed by atoms with Crippen LogP contribution in [0.25, 0.3) is 0 Å². The van der Waals surface area contributed by atoms with Crippen LogP contribution in [-0.4, -0.2) is 37.1 Å². The zero-order chi connectivity index (χ0) is 13.7. The fourth-order valence-electron chi connectivity index (χ4n) is 2.43. The SMILES string of the molecule is CN1CCC(C#N)(NCCc2ccc(Cl)cc2)CC1. The molecule has 0 saturated carbocycles. The standard InChI is InChI=1S/C15H20ClN3/c1-19-10-7-15(12-17,8-11-19)18-9-6-13-2-4-14(16)5-3-13/h2-5,18H,6-11H2,1H3. The van der Waals surface area contributed by atoms with Crippen LogP contribution in [0.4, 0.5) is 0 Å². The molecule has 1 aliphatic rings. The molecule has 1 heterocycles. The Hall–Kier alpha value is -1.08. The molecular formula is C15H20ClN3. The van der Waals surface area contributed by atoms with Crippen molar-refractivity contribution >= 4 is 11.6 Å². The monoisotopic (exact) mass is 277 g/mol. The Kier molecular flexibility index (Phi) is 4.81. The zero-order valence-corrected chi connectivity index (χ0v) is 12.1. The first-order chi connectivity index (χ1) is 9.13. The average molecular weight is 278 g/mol. The van der Waals surface area contributed by atoms with Crippen LogP contribution < -0.4 is 5.32 Å². The summed E-state index contributed by atoms with van der Waals surface area (Å²) in [6.45, 7) is 2.81. The summed E-state index contributed by atoms with van der Waals surface area (Å²) in [6.07, 6.45) is 2.73. The Morgan fingerprint density at radius 3 is 2.53 bits per heavy atom. The molecule has 2 rings (SSSR count). The van der Waals surface area contributed by atoms with Gasteiger partial charge in [-0.05, 0) is 44.0 Å². The van der Waals surface area contributed by atoms with Gasteiger partial charge in [-0.1, -0.05) is 23.7 Å². The molecule has 1 N–H and O–H groups in total. The van der Waals surface area contributed by atoms with Crippen molar-refractivity contribution < 1.29 is 0 Å². The van der Waals surface area contributed by atoms with Gasteiger partial charge in [0.1, 0.15) is 5.54 Å². The molecule has 0 aliphatic carbocycles. The third-order valence-electron chi connectivity index (χ3n) is 3.84. The van der Waals surface area contributed by atoms with Gasteiger partial charge >= 0.3 is 0 Å². The summed E-state index contributed by atoms with van der Waals surface area (Å²) in [7, 11) is 2.11. The summed E-state index contributed by atoms with van der Waals surface area (Å²) in [5.41, 5.74) is 0.914. The molecule has 0 atom stereocenters. The number of hydrogen-bond donors (Lipinski definition) is 1. The van der Waals surface area contributed by atoms with Gasteiger partial charge in [0.2, 0.25) is 0 Å². The van der Waals surface area contributed by atoms with Crippen LogP contribution in [-0.2, 0) is 6.42 Å². The maximum absolute atomic E-state index is 9.41. The van der Waals surface area contributed by atoms with Crippen molar-refractivity contribution in [1.82, 2.24) is 10.2 Å². The molecule has 0 bridgehead atoms. The molecule has 4 heteroatoms. The van der Waals surface area contributed by atoms with E-state index in [2.05, 4.69) is 23.3 Å². The Morgan fingerprint density at radius 1 is 1.32 bits per heavy atom. The number of benzene rings is 1. The molecule has 1 aliphatic heterocycles. The first kappa shape index (κ1) is 14.3. The maximum Gasteiger partial charge on any atom is 0.109 e. The third-order valence-corrected chi connectivity index (χ3v) is 4.10. The lowest BCUT2D eigenvalue weighted by Gasteiger charge is -2.36. The van der Waals surface area contributed by atoms with E-state index < -0.39 is 0 Å². The molecule has 0 amide bonds. The molecule has 0 unspecified atom stereocenters. The highest BCUT2D eigenvalue weighted by atomic mass is 35.5. The summed E-state index contributed by atoms with van der Waals surface area (Å²) >= 11 is 5.86. The summed E-state index contributed by atoms with van der Waals surface area (Å²) in [6, 6.07) is 10.4.